The predicted octanol–water partition coefficient (Wildman–Crippen LogP) is 3.58. The van der Waals surface area contributed by atoms with Gasteiger partial charge in [-0.05, 0) is 48.8 Å². The molecule has 3 atom stereocenters. The van der Waals surface area contributed by atoms with E-state index in [1.807, 2.05) is 0 Å². The second-order valence-corrected chi connectivity index (χ2v) is 7.50. The van der Waals surface area contributed by atoms with Crippen LogP contribution in [0, 0.1) is 17.8 Å². The second-order valence-electron chi connectivity index (χ2n) is 7.50. The summed E-state index contributed by atoms with van der Waals surface area (Å²) >= 11 is 0. The van der Waals surface area contributed by atoms with E-state index < -0.39 is 11.9 Å². The number of hydrogen-bond donors (Lipinski definition) is 0. The summed E-state index contributed by atoms with van der Waals surface area (Å²) in [4.78, 5) is 24.3. The van der Waals surface area contributed by atoms with Gasteiger partial charge in [0.25, 0.3) is 0 Å². The summed E-state index contributed by atoms with van der Waals surface area (Å²) in [5, 5.41) is 0. The number of benzene rings is 1. The van der Waals surface area contributed by atoms with E-state index in [0.29, 0.717) is 34.8 Å². The number of hydrogen-bond acceptors (Lipinski definition) is 6. The highest BCUT2D eigenvalue weighted by molar-refractivity contribution is 5.91. The maximum Gasteiger partial charge on any atom is 0.344 e. The van der Waals surface area contributed by atoms with Gasteiger partial charge in [0.1, 0.15) is 6.10 Å². The van der Waals surface area contributed by atoms with Gasteiger partial charge >= 0.3 is 11.9 Å². The topological polar surface area (TPSA) is 71.1 Å². The Hall–Kier alpha value is -2.24. The summed E-state index contributed by atoms with van der Waals surface area (Å²) in [5.41, 5.74) is 0.313. The maximum atomic E-state index is 12.2. The number of esters is 2. The molecule has 0 radical (unpaired) electrons. The molecular formula is C20H26O6. The lowest BCUT2D eigenvalue weighted by atomic mass is 9.75. The molecule has 1 aromatic rings. The third-order valence-corrected chi connectivity index (χ3v) is 5.17. The fraction of sp³-hybridized carbons (Fsp3) is 0.600. The van der Waals surface area contributed by atoms with Crippen molar-refractivity contribution in [3.8, 4) is 11.5 Å². The van der Waals surface area contributed by atoms with E-state index in [-0.39, 0.29) is 19.5 Å². The van der Waals surface area contributed by atoms with Gasteiger partial charge in [-0.2, -0.15) is 0 Å². The van der Waals surface area contributed by atoms with Gasteiger partial charge in [0.15, 0.2) is 18.1 Å². The van der Waals surface area contributed by atoms with E-state index in [2.05, 4.69) is 20.8 Å². The van der Waals surface area contributed by atoms with Crippen molar-refractivity contribution in [2.45, 2.75) is 46.1 Å². The van der Waals surface area contributed by atoms with Crippen molar-refractivity contribution >= 4 is 11.9 Å². The Labute approximate surface area is 153 Å². The molecule has 3 rings (SSSR count). The molecule has 1 aromatic carbocycles. The fourth-order valence-electron chi connectivity index (χ4n) is 3.68. The molecule has 1 heterocycles. The van der Waals surface area contributed by atoms with Gasteiger partial charge in [0.2, 0.25) is 6.79 Å². The van der Waals surface area contributed by atoms with Crippen LogP contribution in [0.2, 0.25) is 0 Å². The molecule has 1 aliphatic carbocycles. The number of ether oxygens (including phenoxy) is 4. The normalized spacial score (nSPS) is 24.4. The average Bonchev–Trinajstić information content (AvgIpc) is 3.07. The molecule has 0 spiro atoms. The summed E-state index contributed by atoms with van der Waals surface area (Å²) in [6.07, 6.45) is 2.99. The number of rotatable bonds is 5. The van der Waals surface area contributed by atoms with Gasteiger partial charge in [0.05, 0.1) is 5.56 Å². The van der Waals surface area contributed by atoms with E-state index in [9.17, 15) is 9.59 Å². The monoisotopic (exact) mass is 362 g/mol. The Morgan fingerprint density at radius 1 is 1.19 bits per heavy atom. The molecule has 0 amide bonds. The smallest absolute Gasteiger partial charge is 0.344 e. The van der Waals surface area contributed by atoms with Crippen LogP contribution in [0.4, 0.5) is 0 Å². The summed E-state index contributed by atoms with van der Waals surface area (Å²) < 4.78 is 21.2. The van der Waals surface area contributed by atoms with Crippen LogP contribution in [0.3, 0.4) is 0 Å². The van der Waals surface area contributed by atoms with Crippen LogP contribution in [0.1, 0.15) is 50.4 Å². The van der Waals surface area contributed by atoms with Crippen LogP contribution < -0.4 is 9.47 Å². The summed E-state index contributed by atoms with van der Waals surface area (Å²) in [6, 6.07) is 4.78. The SMILES string of the molecule is CC(C)[C@H]1CC[C@@H](C)C[C@H]1OC(=O)COC(=O)c1ccc2c(c1)OCO2. The molecule has 26 heavy (non-hydrogen) atoms. The van der Waals surface area contributed by atoms with Crippen LogP contribution in [-0.2, 0) is 14.3 Å². The molecule has 1 fully saturated rings. The first kappa shape index (κ1) is 18.5. The molecule has 0 unspecified atom stereocenters. The van der Waals surface area contributed by atoms with Gasteiger partial charge in [-0.3, -0.25) is 0 Å². The molecule has 2 aliphatic rings. The van der Waals surface area contributed by atoms with Crippen molar-refractivity contribution in [3.63, 3.8) is 0 Å². The lowest BCUT2D eigenvalue weighted by Crippen LogP contribution is -2.36. The number of carbonyl (C=O) groups is 2. The van der Waals surface area contributed by atoms with Crippen molar-refractivity contribution in [3.05, 3.63) is 23.8 Å². The van der Waals surface area contributed by atoms with Gasteiger partial charge in [0, 0.05) is 0 Å². The van der Waals surface area contributed by atoms with Crippen LogP contribution in [0.15, 0.2) is 18.2 Å². The Balaban J connectivity index is 1.52. The molecule has 1 saturated carbocycles. The van der Waals surface area contributed by atoms with E-state index in [0.717, 1.165) is 19.3 Å². The molecule has 0 saturated heterocycles. The zero-order valence-electron chi connectivity index (χ0n) is 15.5. The first-order valence-corrected chi connectivity index (χ1v) is 9.20. The average molecular weight is 362 g/mol. The molecule has 6 nitrogen and oxygen atoms in total. The van der Waals surface area contributed by atoms with Crippen molar-refractivity contribution in [2.24, 2.45) is 17.8 Å². The Morgan fingerprint density at radius 3 is 2.73 bits per heavy atom. The third-order valence-electron chi connectivity index (χ3n) is 5.17. The lowest BCUT2D eigenvalue weighted by Gasteiger charge is -2.36. The molecular weight excluding hydrogens is 336 g/mol. The van der Waals surface area contributed by atoms with E-state index >= 15 is 0 Å². The van der Waals surface area contributed by atoms with Crippen LogP contribution in [-0.4, -0.2) is 31.4 Å². The van der Waals surface area contributed by atoms with Crippen molar-refractivity contribution in [1.29, 1.82) is 0 Å². The van der Waals surface area contributed by atoms with E-state index in [1.54, 1.807) is 18.2 Å². The summed E-state index contributed by atoms with van der Waals surface area (Å²) in [5.74, 6) is 1.36. The Bertz CT molecular complexity index is 668. The van der Waals surface area contributed by atoms with Crippen LogP contribution in [0.25, 0.3) is 0 Å². The minimum atomic E-state index is -0.585. The summed E-state index contributed by atoms with van der Waals surface area (Å²) in [6.45, 7) is 6.24. The minimum absolute atomic E-state index is 0.101. The highest BCUT2D eigenvalue weighted by atomic mass is 16.7. The zero-order chi connectivity index (χ0) is 18.7. The first-order chi connectivity index (χ1) is 12.4. The molecule has 142 valence electrons. The summed E-state index contributed by atoms with van der Waals surface area (Å²) in [7, 11) is 0. The quantitative estimate of drug-likeness (QED) is 0.746. The highest BCUT2D eigenvalue weighted by Crippen LogP contribution is 2.35. The van der Waals surface area contributed by atoms with Crippen molar-refractivity contribution in [1.82, 2.24) is 0 Å². The second kappa shape index (κ2) is 7.98. The van der Waals surface area contributed by atoms with Gasteiger partial charge in [-0.1, -0.05) is 27.2 Å². The van der Waals surface area contributed by atoms with Gasteiger partial charge < -0.3 is 18.9 Å². The molecule has 1 aliphatic heterocycles. The van der Waals surface area contributed by atoms with Gasteiger partial charge in [-0.15, -0.1) is 0 Å². The first-order valence-electron chi connectivity index (χ1n) is 9.20. The maximum absolute atomic E-state index is 12.2. The molecule has 0 bridgehead atoms. The number of fused-ring (bicyclic) bond motifs is 1. The zero-order valence-corrected chi connectivity index (χ0v) is 15.5. The van der Waals surface area contributed by atoms with E-state index in [1.165, 1.54) is 0 Å². The highest BCUT2D eigenvalue weighted by Gasteiger charge is 2.33. The largest absolute Gasteiger partial charge is 0.460 e. The van der Waals surface area contributed by atoms with Crippen molar-refractivity contribution in [2.75, 3.05) is 13.4 Å². The lowest BCUT2D eigenvalue weighted by molar-refractivity contribution is -0.159. The van der Waals surface area contributed by atoms with Gasteiger partial charge in [-0.25, -0.2) is 9.59 Å². The Morgan fingerprint density at radius 2 is 1.96 bits per heavy atom. The van der Waals surface area contributed by atoms with E-state index in [4.69, 9.17) is 18.9 Å². The molecule has 6 heteroatoms. The predicted molar refractivity (Wildman–Crippen MR) is 94.1 cm³/mol. The van der Waals surface area contributed by atoms with Crippen LogP contribution in [0.5, 0.6) is 11.5 Å². The third kappa shape index (κ3) is 4.29. The number of carbonyl (C=O) groups excluding carboxylic acids is 2. The standard InChI is InChI=1S/C20H26O6/c1-12(2)15-6-4-13(3)8-17(15)26-19(21)10-23-20(22)14-5-7-16-18(9-14)25-11-24-16/h5,7,9,12-13,15,17H,4,6,8,10-11H2,1-3H3/t13-,15-,17-/m1/s1. The van der Waals surface area contributed by atoms with Crippen molar-refractivity contribution < 1.29 is 28.5 Å². The molecule has 0 aromatic heterocycles. The minimum Gasteiger partial charge on any atom is -0.460 e. The van der Waals surface area contributed by atoms with Crippen LogP contribution >= 0.6 is 0 Å². The molecule has 0 N–H and O–H groups in total. The Kier molecular flexibility index (Phi) is 5.69. The fourth-order valence-corrected chi connectivity index (χ4v) is 3.68.